The molecule has 2 heterocycles. The van der Waals surface area contributed by atoms with Crippen LogP contribution in [0.3, 0.4) is 0 Å². The van der Waals surface area contributed by atoms with Gasteiger partial charge >= 0.3 is 5.97 Å². The van der Waals surface area contributed by atoms with Crippen LogP contribution in [0.15, 0.2) is 40.9 Å². The topological polar surface area (TPSA) is 86.4 Å². The molecule has 0 unspecified atom stereocenters. The van der Waals surface area contributed by atoms with Crippen LogP contribution in [-0.2, 0) is 9.53 Å². The van der Waals surface area contributed by atoms with Gasteiger partial charge in [-0.3, -0.25) is 4.79 Å². The minimum atomic E-state index is -0.548. The maximum atomic E-state index is 12.4. The summed E-state index contributed by atoms with van der Waals surface area (Å²) < 4.78 is 12.0. The van der Waals surface area contributed by atoms with E-state index in [-0.39, 0.29) is 5.82 Å². The van der Waals surface area contributed by atoms with Gasteiger partial charge < -0.3 is 19.1 Å². The third kappa shape index (κ3) is 4.08. The Hall–Kier alpha value is -3.35. The number of nitrogens with zero attached hydrogens (tertiary/aromatic N) is 2. The monoisotopic (exact) mass is 367 g/mol. The predicted molar refractivity (Wildman–Crippen MR) is 100 cm³/mol. The summed E-state index contributed by atoms with van der Waals surface area (Å²) in [4.78, 5) is 24.3. The van der Waals surface area contributed by atoms with E-state index < -0.39 is 18.5 Å². The van der Waals surface area contributed by atoms with E-state index in [2.05, 4.69) is 10.5 Å². The molecule has 0 aliphatic heterocycles. The van der Waals surface area contributed by atoms with Crippen molar-refractivity contribution in [1.82, 2.24) is 9.72 Å². The quantitative estimate of drug-likeness (QED) is 0.698. The highest BCUT2D eigenvalue weighted by atomic mass is 16.5. The van der Waals surface area contributed by atoms with E-state index >= 15 is 0 Å². The molecule has 7 nitrogen and oxygen atoms in total. The number of benzene rings is 1. The number of anilines is 1. The summed E-state index contributed by atoms with van der Waals surface area (Å²) in [7, 11) is 0. The highest BCUT2D eigenvalue weighted by Crippen LogP contribution is 2.22. The Balaban J connectivity index is 1.69. The number of aromatic nitrogens is 2. The maximum absolute atomic E-state index is 12.4. The number of hydrogen-bond acceptors (Lipinski definition) is 5. The molecule has 0 spiro atoms. The number of amides is 1. The molecule has 0 aliphatic rings. The van der Waals surface area contributed by atoms with Crippen LogP contribution in [0.5, 0.6) is 0 Å². The molecule has 1 aromatic carbocycles. The molecular weight excluding hydrogens is 346 g/mol. The van der Waals surface area contributed by atoms with Crippen molar-refractivity contribution in [3.63, 3.8) is 0 Å². The van der Waals surface area contributed by atoms with Crippen molar-refractivity contribution < 1.29 is 18.8 Å². The molecule has 1 N–H and O–H groups in total. The van der Waals surface area contributed by atoms with Crippen LogP contribution in [0.1, 0.15) is 33.1 Å². The van der Waals surface area contributed by atoms with E-state index in [1.807, 2.05) is 49.6 Å². The molecule has 0 saturated carbocycles. The summed E-state index contributed by atoms with van der Waals surface area (Å²) >= 11 is 0. The fourth-order valence-corrected chi connectivity index (χ4v) is 2.87. The van der Waals surface area contributed by atoms with Gasteiger partial charge in [-0.05, 0) is 45.9 Å². The zero-order valence-electron chi connectivity index (χ0n) is 15.7. The van der Waals surface area contributed by atoms with E-state index in [4.69, 9.17) is 9.26 Å². The highest BCUT2D eigenvalue weighted by Gasteiger charge is 2.19. The predicted octanol–water partition coefficient (Wildman–Crippen LogP) is 3.49. The van der Waals surface area contributed by atoms with E-state index in [9.17, 15) is 9.59 Å². The summed E-state index contributed by atoms with van der Waals surface area (Å²) in [6.45, 7) is 7.10. The van der Waals surface area contributed by atoms with Gasteiger partial charge in [0.05, 0.1) is 5.56 Å². The van der Waals surface area contributed by atoms with Gasteiger partial charge in [-0.25, -0.2) is 4.79 Å². The lowest BCUT2D eigenvalue weighted by Crippen LogP contribution is -2.21. The SMILES string of the molecule is Cc1ccc(-n2c(C)cc(C(=O)OCC(=O)Nc3cc(C)on3)c2C)cc1. The van der Waals surface area contributed by atoms with Gasteiger partial charge in [0.25, 0.3) is 5.91 Å². The van der Waals surface area contributed by atoms with E-state index in [0.717, 1.165) is 22.6 Å². The summed E-state index contributed by atoms with van der Waals surface area (Å²) in [6.07, 6.45) is 0. The lowest BCUT2D eigenvalue weighted by Gasteiger charge is -2.10. The van der Waals surface area contributed by atoms with Gasteiger partial charge in [-0.2, -0.15) is 0 Å². The second-order valence-electron chi connectivity index (χ2n) is 6.40. The first-order chi connectivity index (χ1) is 12.8. The van der Waals surface area contributed by atoms with Crippen LogP contribution < -0.4 is 5.32 Å². The Morgan fingerprint density at radius 2 is 1.81 bits per heavy atom. The largest absolute Gasteiger partial charge is 0.452 e. The number of carbonyl (C=O) groups excluding carboxylic acids is 2. The third-order valence-corrected chi connectivity index (χ3v) is 4.17. The molecule has 2 aromatic heterocycles. The van der Waals surface area contributed by atoms with E-state index in [1.54, 1.807) is 19.1 Å². The minimum absolute atomic E-state index is 0.283. The third-order valence-electron chi connectivity index (χ3n) is 4.17. The zero-order chi connectivity index (χ0) is 19.6. The van der Waals surface area contributed by atoms with Gasteiger partial charge in [-0.15, -0.1) is 0 Å². The van der Waals surface area contributed by atoms with Crippen molar-refractivity contribution >= 4 is 17.7 Å². The van der Waals surface area contributed by atoms with Crippen LogP contribution in [0.4, 0.5) is 5.82 Å². The number of ether oxygens (including phenoxy) is 1. The minimum Gasteiger partial charge on any atom is -0.452 e. The Kier molecular flexibility index (Phi) is 5.12. The molecule has 27 heavy (non-hydrogen) atoms. The molecule has 0 saturated heterocycles. The standard InChI is InChI=1S/C20H21N3O4/c1-12-5-7-16(8-6-12)23-13(2)9-17(15(23)4)20(25)26-11-19(24)21-18-10-14(3)27-22-18/h5-10H,11H2,1-4H3,(H,21,22,24). The molecule has 7 heteroatoms. The molecule has 0 atom stereocenters. The van der Waals surface area contributed by atoms with Gasteiger partial charge in [-0.1, -0.05) is 22.9 Å². The maximum Gasteiger partial charge on any atom is 0.340 e. The smallest absolute Gasteiger partial charge is 0.340 e. The molecular formula is C20H21N3O4. The van der Waals surface area contributed by atoms with Crippen molar-refractivity contribution in [3.05, 3.63) is 64.7 Å². The summed E-state index contributed by atoms with van der Waals surface area (Å²) in [6, 6.07) is 11.4. The van der Waals surface area contributed by atoms with Crippen molar-refractivity contribution in [2.75, 3.05) is 11.9 Å². The average Bonchev–Trinajstić information content (AvgIpc) is 3.16. The Labute approximate surface area is 156 Å². The number of hydrogen-bond donors (Lipinski definition) is 1. The van der Waals surface area contributed by atoms with E-state index in [1.165, 1.54) is 0 Å². The molecule has 3 aromatic rings. The Morgan fingerprint density at radius 3 is 2.44 bits per heavy atom. The normalized spacial score (nSPS) is 10.7. The summed E-state index contributed by atoms with van der Waals surface area (Å²) in [5, 5.41) is 6.16. The fourth-order valence-electron chi connectivity index (χ4n) is 2.87. The second kappa shape index (κ2) is 7.49. The summed E-state index contributed by atoms with van der Waals surface area (Å²) in [5.74, 6) is -0.172. The van der Waals surface area contributed by atoms with Crippen molar-refractivity contribution in [2.24, 2.45) is 0 Å². The van der Waals surface area contributed by atoms with Crippen LogP contribution in [0.25, 0.3) is 5.69 Å². The number of aryl methyl sites for hydroxylation is 3. The number of rotatable bonds is 5. The van der Waals surface area contributed by atoms with Crippen LogP contribution in [-0.4, -0.2) is 28.2 Å². The Morgan fingerprint density at radius 1 is 1.11 bits per heavy atom. The average molecular weight is 367 g/mol. The van der Waals surface area contributed by atoms with Crippen LogP contribution >= 0.6 is 0 Å². The lowest BCUT2D eigenvalue weighted by atomic mass is 10.2. The van der Waals surface area contributed by atoms with Crippen LogP contribution in [0.2, 0.25) is 0 Å². The van der Waals surface area contributed by atoms with Gasteiger partial charge in [0, 0.05) is 23.1 Å². The number of nitrogens with one attached hydrogen (secondary N) is 1. The molecule has 3 rings (SSSR count). The van der Waals surface area contributed by atoms with Gasteiger partial charge in [0.1, 0.15) is 5.76 Å². The highest BCUT2D eigenvalue weighted by molar-refractivity contribution is 5.95. The Bertz CT molecular complexity index is 983. The van der Waals surface area contributed by atoms with Crippen molar-refractivity contribution in [1.29, 1.82) is 0 Å². The molecule has 1 amide bonds. The zero-order valence-corrected chi connectivity index (χ0v) is 15.7. The number of esters is 1. The molecule has 0 radical (unpaired) electrons. The first-order valence-electron chi connectivity index (χ1n) is 8.51. The second-order valence-corrected chi connectivity index (χ2v) is 6.40. The molecule has 0 bridgehead atoms. The van der Waals surface area contributed by atoms with Crippen LogP contribution in [0, 0.1) is 27.7 Å². The molecule has 0 fully saturated rings. The lowest BCUT2D eigenvalue weighted by molar-refractivity contribution is -0.119. The van der Waals surface area contributed by atoms with Gasteiger partial charge in [0.2, 0.25) is 0 Å². The first kappa shape index (κ1) is 18.4. The van der Waals surface area contributed by atoms with Gasteiger partial charge in [0.15, 0.2) is 12.4 Å². The summed E-state index contributed by atoms with van der Waals surface area (Å²) in [5.41, 5.74) is 4.22. The van der Waals surface area contributed by atoms with Crippen molar-refractivity contribution in [2.45, 2.75) is 27.7 Å². The van der Waals surface area contributed by atoms with E-state index in [0.29, 0.717) is 11.3 Å². The molecule has 140 valence electrons. The van der Waals surface area contributed by atoms with Crippen molar-refractivity contribution in [3.8, 4) is 5.69 Å². The number of carbonyl (C=O) groups is 2. The fraction of sp³-hybridized carbons (Fsp3) is 0.250. The molecule has 0 aliphatic carbocycles. The first-order valence-corrected chi connectivity index (χ1v) is 8.51.